The number of amides is 1. The number of carbonyl (C=O) groups excluding carboxylic acids is 1. The first kappa shape index (κ1) is 25.2. The van der Waals surface area contributed by atoms with Gasteiger partial charge in [0.15, 0.2) is 0 Å². The molecule has 0 aliphatic heterocycles. The van der Waals surface area contributed by atoms with Crippen LogP contribution in [-0.4, -0.2) is 34.3 Å². The summed E-state index contributed by atoms with van der Waals surface area (Å²) < 4.78 is 34.8. The monoisotopic (exact) mass is 448 g/mol. The Bertz CT molecular complexity index is 994. The SMILES string of the molecule is Cc1nc(CC(C)C)c(CCNC(=O)OC(C)(C)C)c(-c2c(F)cccc2F)c1C(=O)O. The van der Waals surface area contributed by atoms with E-state index in [1.165, 1.54) is 13.0 Å². The summed E-state index contributed by atoms with van der Waals surface area (Å²) in [5.41, 5.74) is -0.276. The molecule has 0 saturated heterocycles. The van der Waals surface area contributed by atoms with Crippen LogP contribution in [0.25, 0.3) is 11.1 Å². The van der Waals surface area contributed by atoms with E-state index < -0.39 is 34.9 Å². The van der Waals surface area contributed by atoms with Gasteiger partial charge in [0, 0.05) is 17.8 Å². The molecule has 8 heteroatoms. The van der Waals surface area contributed by atoms with Crippen LogP contribution in [-0.2, 0) is 17.6 Å². The van der Waals surface area contributed by atoms with Crippen LogP contribution in [0.2, 0.25) is 0 Å². The number of aryl methyl sites for hydroxylation is 1. The van der Waals surface area contributed by atoms with Gasteiger partial charge in [-0.15, -0.1) is 0 Å². The molecule has 2 N–H and O–H groups in total. The van der Waals surface area contributed by atoms with Crippen LogP contribution >= 0.6 is 0 Å². The third-order valence-electron chi connectivity index (χ3n) is 4.64. The van der Waals surface area contributed by atoms with Gasteiger partial charge in [-0.2, -0.15) is 0 Å². The van der Waals surface area contributed by atoms with E-state index in [0.29, 0.717) is 17.7 Å². The maximum atomic E-state index is 14.8. The van der Waals surface area contributed by atoms with Crippen molar-refractivity contribution in [3.8, 4) is 11.1 Å². The maximum absolute atomic E-state index is 14.8. The Hall–Kier alpha value is -3.03. The molecular weight excluding hydrogens is 418 g/mol. The van der Waals surface area contributed by atoms with Crippen LogP contribution in [0, 0.1) is 24.5 Å². The molecule has 0 bridgehead atoms. The second kappa shape index (κ2) is 10.1. The minimum absolute atomic E-state index is 0.0396. The number of pyridine rings is 1. The fraction of sp³-hybridized carbons (Fsp3) is 0.458. The molecule has 0 aliphatic carbocycles. The Morgan fingerprint density at radius 3 is 2.25 bits per heavy atom. The van der Waals surface area contributed by atoms with Crippen molar-refractivity contribution >= 4 is 12.1 Å². The van der Waals surface area contributed by atoms with Crippen molar-refractivity contribution in [3.63, 3.8) is 0 Å². The van der Waals surface area contributed by atoms with Gasteiger partial charge in [-0.3, -0.25) is 4.98 Å². The molecule has 1 aromatic carbocycles. The van der Waals surface area contributed by atoms with E-state index in [0.717, 1.165) is 12.1 Å². The minimum Gasteiger partial charge on any atom is -0.478 e. The molecule has 174 valence electrons. The summed E-state index contributed by atoms with van der Waals surface area (Å²) in [4.78, 5) is 28.6. The molecule has 1 heterocycles. The predicted octanol–water partition coefficient (Wildman–Crippen LogP) is 5.30. The Morgan fingerprint density at radius 1 is 1.16 bits per heavy atom. The van der Waals surface area contributed by atoms with Crippen LogP contribution in [0.15, 0.2) is 18.2 Å². The van der Waals surface area contributed by atoms with E-state index in [2.05, 4.69) is 10.3 Å². The number of ether oxygens (including phenoxy) is 1. The smallest absolute Gasteiger partial charge is 0.407 e. The van der Waals surface area contributed by atoms with Gasteiger partial charge in [0.2, 0.25) is 0 Å². The van der Waals surface area contributed by atoms with Crippen molar-refractivity contribution in [2.24, 2.45) is 5.92 Å². The molecule has 6 nitrogen and oxygen atoms in total. The molecule has 0 unspecified atom stereocenters. The van der Waals surface area contributed by atoms with E-state index in [9.17, 15) is 23.5 Å². The highest BCUT2D eigenvalue weighted by molar-refractivity contribution is 5.98. The third kappa shape index (κ3) is 6.24. The predicted molar refractivity (Wildman–Crippen MR) is 118 cm³/mol. The summed E-state index contributed by atoms with van der Waals surface area (Å²) in [6.07, 6.45) is -0.0381. The molecule has 1 amide bonds. The summed E-state index contributed by atoms with van der Waals surface area (Å²) in [6.45, 7) is 10.7. The number of nitrogens with one attached hydrogen (secondary N) is 1. The lowest BCUT2D eigenvalue weighted by molar-refractivity contribution is 0.0527. The van der Waals surface area contributed by atoms with E-state index >= 15 is 0 Å². The number of halogens is 2. The number of carboxylic acid groups (broad SMARTS) is 1. The van der Waals surface area contributed by atoms with Crippen molar-refractivity contribution in [1.29, 1.82) is 0 Å². The zero-order valence-corrected chi connectivity index (χ0v) is 19.3. The van der Waals surface area contributed by atoms with Gasteiger partial charge in [-0.1, -0.05) is 19.9 Å². The van der Waals surface area contributed by atoms with Crippen LogP contribution in [0.3, 0.4) is 0 Å². The van der Waals surface area contributed by atoms with Crippen LogP contribution in [0.5, 0.6) is 0 Å². The zero-order chi connectivity index (χ0) is 24.2. The number of aromatic carboxylic acids is 1. The van der Waals surface area contributed by atoms with Crippen molar-refractivity contribution in [2.45, 2.75) is 60.0 Å². The number of nitrogens with zero attached hydrogens (tertiary/aromatic N) is 1. The van der Waals surface area contributed by atoms with Crippen molar-refractivity contribution in [1.82, 2.24) is 10.3 Å². The number of hydrogen-bond acceptors (Lipinski definition) is 4. The van der Waals surface area contributed by atoms with Crippen molar-refractivity contribution < 1.29 is 28.2 Å². The minimum atomic E-state index is -1.33. The lowest BCUT2D eigenvalue weighted by Crippen LogP contribution is -2.33. The van der Waals surface area contributed by atoms with Crippen molar-refractivity contribution in [3.05, 3.63) is 52.3 Å². The fourth-order valence-electron chi connectivity index (χ4n) is 3.50. The molecule has 1 aromatic heterocycles. The average Bonchev–Trinajstić information content (AvgIpc) is 2.61. The van der Waals surface area contributed by atoms with Gasteiger partial charge in [0.1, 0.15) is 17.2 Å². The first-order chi connectivity index (χ1) is 14.8. The normalized spacial score (nSPS) is 11.5. The number of aromatic nitrogens is 1. The Morgan fingerprint density at radius 2 is 1.75 bits per heavy atom. The van der Waals surface area contributed by atoms with Gasteiger partial charge in [0.25, 0.3) is 0 Å². The molecule has 0 spiro atoms. The summed E-state index contributed by atoms with van der Waals surface area (Å²) in [5, 5.41) is 12.5. The first-order valence-electron chi connectivity index (χ1n) is 10.5. The zero-order valence-electron chi connectivity index (χ0n) is 19.3. The van der Waals surface area contributed by atoms with Crippen LogP contribution < -0.4 is 5.32 Å². The highest BCUT2D eigenvalue weighted by atomic mass is 19.1. The van der Waals surface area contributed by atoms with E-state index in [-0.39, 0.29) is 35.7 Å². The average molecular weight is 449 g/mol. The molecular formula is C24H30F2N2O4. The highest BCUT2D eigenvalue weighted by Gasteiger charge is 2.27. The molecule has 0 atom stereocenters. The molecule has 2 aromatic rings. The lowest BCUT2D eigenvalue weighted by atomic mass is 9.88. The Kier molecular flexibility index (Phi) is 7.93. The van der Waals surface area contributed by atoms with E-state index in [4.69, 9.17) is 4.74 Å². The molecule has 32 heavy (non-hydrogen) atoms. The number of carboxylic acids is 1. The fourth-order valence-corrected chi connectivity index (χ4v) is 3.50. The lowest BCUT2D eigenvalue weighted by Gasteiger charge is -2.22. The molecule has 0 radical (unpaired) electrons. The van der Waals surface area contributed by atoms with Crippen LogP contribution in [0.4, 0.5) is 13.6 Å². The second-order valence-electron chi connectivity index (χ2n) is 9.05. The van der Waals surface area contributed by atoms with Gasteiger partial charge >= 0.3 is 12.1 Å². The number of rotatable bonds is 7. The van der Waals surface area contributed by atoms with Gasteiger partial charge < -0.3 is 15.2 Å². The first-order valence-corrected chi connectivity index (χ1v) is 10.5. The van der Waals surface area contributed by atoms with Gasteiger partial charge in [-0.25, -0.2) is 18.4 Å². The molecule has 0 aliphatic rings. The Balaban J connectivity index is 2.64. The topological polar surface area (TPSA) is 88.5 Å². The largest absolute Gasteiger partial charge is 0.478 e. The molecule has 0 fully saturated rings. The van der Waals surface area contributed by atoms with Crippen molar-refractivity contribution in [2.75, 3.05) is 6.54 Å². The number of hydrogen-bond donors (Lipinski definition) is 2. The summed E-state index contributed by atoms with van der Waals surface area (Å²) >= 11 is 0. The molecule has 2 rings (SSSR count). The number of benzene rings is 1. The van der Waals surface area contributed by atoms with E-state index in [1.807, 2.05) is 13.8 Å². The van der Waals surface area contributed by atoms with E-state index in [1.54, 1.807) is 20.8 Å². The number of carbonyl (C=O) groups is 2. The summed E-state index contributed by atoms with van der Waals surface area (Å²) in [5.74, 6) is -2.90. The van der Waals surface area contributed by atoms with Crippen LogP contribution in [0.1, 0.15) is 61.9 Å². The summed E-state index contributed by atoms with van der Waals surface area (Å²) in [7, 11) is 0. The maximum Gasteiger partial charge on any atom is 0.407 e. The summed E-state index contributed by atoms with van der Waals surface area (Å²) in [6, 6.07) is 3.40. The Labute approximate surface area is 187 Å². The van der Waals surface area contributed by atoms with Gasteiger partial charge in [-0.05, 0) is 64.2 Å². The number of alkyl carbamates (subject to hydrolysis) is 1. The standard InChI is InChI=1S/C24H30F2N2O4/c1-13(2)12-18-15(10-11-27-23(31)32-24(4,5)6)20(19(22(29)30)14(3)28-18)21-16(25)8-7-9-17(21)26/h7-9,13H,10-12H2,1-6H3,(H,27,31)(H,29,30). The van der Waals surface area contributed by atoms with Gasteiger partial charge in [0.05, 0.1) is 16.8 Å². The second-order valence-corrected chi connectivity index (χ2v) is 9.05. The quantitative estimate of drug-likeness (QED) is 0.600. The molecule has 0 saturated carbocycles. The highest BCUT2D eigenvalue weighted by Crippen LogP contribution is 2.36. The third-order valence-corrected chi connectivity index (χ3v) is 4.64.